The molecule has 1 aliphatic rings. The molecule has 94 valence electrons. The predicted molar refractivity (Wildman–Crippen MR) is 71.3 cm³/mol. The van der Waals surface area contributed by atoms with Crippen LogP contribution in [0.2, 0.25) is 0 Å². The molecule has 1 aliphatic carbocycles. The van der Waals surface area contributed by atoms with E-state index in [1.165, 1.54) is 24.8 Å². The standard InChI is InChI=1S/C15H23NO/c1-4-15(12-8-9-12)16-11(2)13-6-5-7-14(10-13)17-3/h5-7,10-12,15-16H,4,8-9H2,1-3H3. The normalized spacial score (nSPS) is 18.8. The molecule has 0 radical (unpaired) electrons. The van der Waals surface area contributed by atoms with Gasteiger partial charge in [-0.15, -0.1) is 0 Å². The first-order valence-corrected chi connectivity index (χ1v) is 6.64. The fourth-order valence-electron chi connectivity index (χ4n) is 2.41. The molecule has 1 fully saturated rings. The molecule has 17 heavy (non-hydrogen) atoms. The summed E-state index contributed by atoms with van der Waals surface area (Å²) in [6.45, 7) is 4.51. The Morgan fingerprint density at radius 3 is 2.76 bits per heavy atom. The summed E-state index contributed by atoms with van der Waals surface area (Å²) in [5, 5.41) is 3.74. The predicted octanol–water partition coefficient (Wildman–Crippen LogP) is 3.53. The zero-order valence-corrected chi connectivity index (χ0v) is 11.1. The van der Waals surface area contributed by atoms with E-state index in [4.69, 9.17) is 4.74 Å². The molecule has 0 aromatic heterocycles. The molecule has 2 rings (SSSR count). The summed E-state index contributed by atoms with van der Waals surface area (Å²) in [5.74, 6) is 1.85. The quantitative estimate of drug-likeness (QED) is 0.811. The van der Waals surface area contributed by atoms with Crippen molar-refractivity contribution in [3.63, 3.8) is 0 Å². The number of ether oxygens (including phenoxy) is 1. The van der Waals surface area contributed by atoms with Gasteiger partial charge in [-0.3, -0.25) is 0 Å². The SMILES string of the molecule is CCC(NC(C)c1cccc(OC)c1)C1CC1. The van der Waals surface area contributed by atoms with E-state index in [0.29, 0.717) is 12.1 Å². The van der Waals surface area contributed by atoms with Crippen LogP contribution in [0.4, 0.5) is 0 Å². The van der Waals surface area contributed by atoms with Gasteiger partial charge in [0.15, 0.2) is 0 Å². The average Bonchev–Trinajstić information content (AvgIpc) is 3.20. The van der Waals surface area contributed by atoms with Crippen molar-refractivity contribution in [2.24, 2.45) is 5.92 Å². The summed E-state index contributed by atoms with van der Waals surface area (Å²) in [5.41, 5.74) is 1.31. The van der Waals surface area contributed by atoms with E-state index in [9.17, 15) is 0 Å². The van der Waals surface area contributed by atoms with Crippen LogP contribution in [0.5, 0.6) is 5.75 Å². The van der Waals surface area contributed by atoms with Crippen LogP contribution in [0, 0.1) is 5.92 Å². The van der Waals surface area contributed by atoms with Crippen molar-refractivity contribution < 1.29 is 4.74 Å². The van der Waals surface area contributed by atoms with Gasteiger partial charge in [-0.2, -0.15) is 0 Å². The van der Waals surface area contributed by atoms with Crippen LogP contribution in [-0.2, 0) is 0 Å². The Bertz CT molecular complexity index is 360. The van der Waals surface area contributed by atoms with E-state index in [2.05, 4.69) is 37.4 Å². The average molecular weight is 233 g/mol. The van der Waals surface area contributed by atoms with Crippen LogP contribution in [0.3, 0.4) is 0 Å². The second-order valence-corrected chi connectivity index (χ2v) is 5.02. The molecule has 0 heterocycles. The lowest BCUT2D eigenvalue weighted by Crippen LogP contribution is -2.32. The molecule has 1 N–H and O–H groups in total. The molecule has 0 bridgehead atoms. The molecule has 2 heteroatoms. The number of rotatable bonds is 6. The van der Waals surface area contributed by atoms with Gasteiger partial charge in [-0.05, 0) is 49.8 Å². The van der Waals surface area contributed by atoms with Crippen molar-refractivity contribution in [3.8, 4) is 5.75 Å². The van der Waals surface area contributed by atoms with Gasteiger partial charge in [-0.1, -0.05) is 19.1 Å². The molecule has 2 unspecified atom stereocenters. The molecule has 1 aromatic carbocycles. The van der Waals surface area contributed by atoms with E-state index < -0.39 is 0 Å². The molecule has 2 nitrogen and oxygen atoms in total. The van der Waals surface area contributed by atoms with Gasteiger partial charge in [0.2, 0.25) is 0 Å². The summed E-state index contributed by atoms with van der Waals surface area (Å²) in [6.07, 6.45) is 4.02. The fraction of sp³-hybridized carbons (Fsp3) is 0.600. The van der Waals surface area contributed by atoms with Crippen LogP contribution in [0.15, 0.2) is 24.3 Å². The third kappa shape index (κ3) is 3.22. The van der Waals surface area contributed by atoms with Crippen molar-refractivity contribution in [2.75, 3.05) is 7.11 Å². The number of nitrogens with one attached hydrogen (secondary N) is 1. The van der Waals surface area contributed by atoms with E-state index in [1.54, 1.807) is 7.11 Å². The maximum Gasteiger partial charge on any atom is 0.119 e. The largest absolute Gasteiger partial charge is 0.497 e. The van der Waals surface area contributed by atoms with Crippen LogP contribution in [0.1, 0.15) is 44.7 Å². The van der Waals surface area contributed by atoms with Crippen LogP contribution in [-0.4, -0.2) is 13.2 Å². The smallest absolute Gasteiger partial charge is 0.119 e. The summed E-state index contributed by atoms with van der Waals surface area (Å²) in [6, 6.07) is 9.42. The summed E-state index contributed by atoms with van der Waals surface area (Å²) in [7, 11) is 1.72. The van der Waals surface area contributed by atoms with E-state index >= 15 is 0 Å². The maximum absolute atomic E-state index is 5.27. The maximum atomic E-state index is 5.27. The van der Waals surface area contributed by atoms with Gasteiger partial charge >= 0.3 is 0 Å². The highest BCUT2D eigenvalue weighted by atomic mass is 16.5. The molecule has 1 saturated carbocycles. The Hall–Kier alpha value is -1.02. The highest BCUT2D eigenvalue weighted by Gasteiger charge is 2.30. The minimum atomic E-state index is 0.399. The molecule has 0 spiro atoms. The van der Waals surface area contributed by atoms with Gasteiger partial charge in [0, 0.05) is 12.1 Å². The Labute approximate surface area is 104 Å². The van der Waals surface area contributed by atoms with Crippen molar-refractivity contribution in [2.45, 2.75) is 45.2 Å². The Morgan fingerprint density at radius 2 is 2.18 bits per heavy atom. The highest BCUT2D eigenvalue weighted by molar-refractivity contribution is 5.30. The second kappa shape index (κ2) is 5.54. The van der Waals surface area contributed by atoms with E-state index in [1.807, 2.05) is 6.07 Å². The first kappa shape index (κ1) is 12.4. The number of hydrogen-bond acceptors (Lipinski definition) is 2. The Morgan fingerprint density at radius 1 is 1.41 bits per heavy atom. The number of methoxy groups -OCH3 is 1. The zero-order chi connectivity index (χ0) is 12.3. The molecule has 0 saturated heterocycles. The second-order valence-electron chi connectivity index (χ2n) is 5.02. The van der Waals surface area contributed by atoms with E-state index in [0.717, 1.165) is 11.7 Å². The number of benzene rings is 1. The molecule has 0 amide bonds. The lowest BCUT2D eigenvalue weighted by Gasteiger charge is -2.22. The van der Waals surface area contributed by atoms with Crippen molar-refractivity contribution in [1.82, 2.24) is 5.32 Å². The van der Waals surface area contributed by atoms with Gasteiger partial charge in [-0.25, -0.2) is 0 Å². The van der Waals surface area contributed by atoms with Crippen LogP contribution in [0.25, 0.3) is 0 Å². The summed E-state index contributed by atoms with van der Waals surface area (Å²) in [4.78, 5) is 0. The Kier molecular flexibility index (Phi) is 4.06. The third-order valence-electron chi connectivity index (χ3n) is 3.69. The van der Waals surface area contributed by atoms with Gasteiger partial charge in [0.25, 0.3) is 0 Å². The van der Waals surface area contributed by atoms with Gasteiger partial charge < -0.3 is 10.1 Å². The van der Waals surface area contributed by atoms with Crippen molar-refractivity contribution in [1.29, 1.82) is 0 Å². The number of hydrogen-bond donors (Lipinski definition) is 1. The first-order valence-electron chi connectivity index (χ1n) is 6.64. The van der Waals surface area contributed by atoms with Gasteiger partial charge in [0.05, 0.1) is 7.11 Å². The summed E-state index contributed by atoms with van der Waals surface area (Å²) < 4.78 is 5.27. The molecular weight excluding hydrogens is 210 g/mol. The summed E-state index contributed by atoms with van der Waals surface area (Å²) >= 11 is 0. The lowest BCUT2D eigenvalue weighted by molar-refractivity contribution is 0.398. The van der Waals surface area contributed by atoms with Crippen molar-refractivity contribution >= 4 is 0 Å². The lowest BCUT2D eigenvalue weighted by atomic mass is 10.0. The zero-order valence-electron chi connectivity index (χ0n) is 11.1. The fourth-order valence-corrected chi connectivity index (χ4v) is 2.41. The minimum absolute atomic E-state index is 0.399. The molecule has 1 aromatic rings. The van der Waals surface area contributed by atoms with Crippen LogP contribution >= 0.6 is 0 Å². The Balaban J connectivity index is 1.99. The minimum Gasteiger partial charge on any atom is -0.497 e. The monoisotopic (exact) mass is 233 g/mol. The molecule has 2 atom stereocenters. The van der Waals surface area contributed by atoms with Crippen molar-refractivity contribution in [3.05, 3.63) is 29.8 Å². The van der Waals surface area contributed by atoms with Gasteiger partial charge in [0.1, 0.15) is 5.75 Å². The van der Waals surface area contributed by atoms with Crippen LogP contribution < -0.4 is 10.1 Å². The molecular formula is C15H23NO. The topological polar surface area (TPSA) is 21.3 Å². The first-order chi connectivity index (χ1) is 8.24. The third-order valence-corrected chi connectivity index (χ3v) is 3.69. The molecule has 0 aliphatic heterocycles. The highest BCUT2D eigenvalue weighted by Crippen LogP contribution is 2.35. The van der Waals surface area contributed by atoms with E-state index in [-0.39, 0.29) is 0 Å².